The Morgan fingerprint density at radius 2 is 1.81 bits per heavy atom. The second kappa shape index (κ2) is 10.3. The minimum Gasteiger partial charge on any atom is -0.492 e. The van der Waals surface area contributed by atoms with E-state index in [1.807, 2.05) is 4.90 Å². The Morgan fingerprint density at radius 1 is 1.11 bits per heavy atom. The molecule has 1 N–H and O–H groups in total. The molecule has 2 aromatic carbocycles. The summed E-state index contributed by atoms with van der Waals surface area (Å²) >= 11 is 3.29. The quantitative estimate of drug-likeness (QED) is 0.421. The third kappa shape index (κ3) is 6.29. The van der Waals surface area contributed by atoms with Gasteiger partial charge in [0, 0.05) is 22.7 Å². The van der Waals surface area contributed by atoms with Crippen LogP contribution in [0.4, 0.5) is 5.69 Å². The number of esters is 1. The van der Waals surface area contributed by atoms with Crippen molar-refractivity contribution in [1.82, 2.24) is 4.90 Å². The van der Waals surface area contributed by atoms with Gasteiger partial charge in [-0.2, -0.15) is 0 Å². The molecule has 1 heterocycles. The SMILES string of the molecule is CCOc1ccc(Br)cc1S(=O)(=O)Nc1ccc(C(=O)OCC(=O)N2CC3(C)CC2CC(C)(C)C3)cc1. The average Bonchev–Trinajstić information content (AvgIpc) is 3.07. The van der Waals surface area contributed by atoms with Crippen LogP contribution in [0.25, 0.3) is 0 Å². The number of benzene rings is 2. The van der Waals surface area contributed by atoms with E-state index in [2.05, 4.69) is 41.4 Å². The van der Waals surface area contributed by atoms with Gasteiger partial charge in [-0.25, -0.2) is 13.2 Å². The number of sulfonamides is 1. The molecule has 1 amide bonds. The monoisotopic (exact) mass is 592 g/mol. The highest BCUT2D eigenvalue weighted by Crippen LogP contribution is 2.52. The molecule has 2 bridgehead atoms. The molecule has 200 valence electrons. The molecule has 2 aromatic rings. The Balaban J connectivity index is 1.37. The molecule has 0 aromatic heterocycles. The second-order valence-corrected chi connectivity index (χ2v) is 13.6. The topological polar surface area (TPSA) is 102 Å². The van der Waals surface area contributed by atoms with Gasteiger partial charge in [0.1, 0.15) is 10.6 Å². The van der Waals surface area contributed by atoms with Gasteiger partial charge in [-0.1, -0.05) is 36.7 Å². The van der Waals surface area contributed by atoms with E-state index in [-0.39, 0.29) is 51.3 Å². The minimum atomic E-state index is -3.94. The number of carbonyl (C=O) groups is 2. The predicted molar refractivity (Wildman–Crippen MR) is 144 cm³/mol. The first-order chi connectivity index (χ1) is 17.3. The first kappa shape index (κ1) is 27.4. The molecule has 8 nitrogen and oxygen atoms in total. The maximum absolute atomic E-state index is 13.0. The maximum Gasteiger partial charge on any atom is 0.338 e. The van der Waals surface area contributed by atoms with E-state index in [4.69, 9.17) is 9.47 Å². The van der Waals surface area contributed by atoms with Crippen molar-refractivity contribution in [2.45, 2.75) is 57.9 Å². The van der Waals surface area contributed by atoms with E-state index in [1.54, 1.807) is 19.1 Å². The Bertz CT molecular complexity index is 1290. The molecule has 2 fully saturated rings. The molecule has 10 heteroatoms. The lowest BCUT2D eigenvalue weighted by molar-refractivity contribution is -0.135. The van der Waals surface area contributed by atoms with Crippen LogP contribution in [0.3, 0.4) is 0 Å². The average molecular weight is 594 g/mol. The summed E-state index contributed by atoms with van der Waals surface area (Å²) in [6.45, 7) is 9.18. The van der Waals surface area contributed by atoms with Crippen LogP contribution in [0.2, 0.25) is 0 Å². The Morgan fingerprint density at radius 3 is 2.49 bits per heavy atom. The fourth-order valence-corrected chi connectivity index (χ4v) is 7.64. The van der Waals surface area contributed by atoms with Gasteiger partial charge in [-0.15, -0.1) is 0 Å². The van der Waals surface area contributed by atoms with Crippen LogP contribution >= 0.6 is 15.9 Å². The fourth-order valence-electron chi connectivity index (χ4n) is 5.90. The van der Waals surface area contributed by atoms with Crippen molar-refractivity contribution >= 4 is 43.5 Å². The summed E-state index contributed by atoms with van der Waals surface area (Å²) in [6.07, 6.45) is 3.01. The summed E-state index contributed by atoms with van der Waals surface area (Å²) in [4.78, 5) is 27.3. The third-order valence-electron chi connectivity index (χ3n) is 6.93. The highest BCUT2D eigenvalue weighted by molar-refractivity contribution is 9.10. The molecular formula is C27H33BrN2O6S. The number of hydrogen-bond acceptors (Lipinski definition) is 6. The van der Waals surface area contributed by atoms with Gasteiger partial charge >= 0.3 is 5.97 Å². The maximum atomic E-state index is 13.0. The molecule has 2 atom stereocenters. The Hall–Kier alpha value is -2.59. The molecule has 0 spiro atoms. The number of rotatable bonds is 8. The van der Waals surface area contributed by atoms with Crippen molar-refractivity contribution < 1.29 is 27.5 Å². The number of likely N-dealkylation sites (tertiary alicyclic amines) is 1. The van der Waals surface area contributed by atoms with Crippen molar-refractivity contribution in [2.75, 3.05) is 24.5 Å². The number of hydrogen-bond donors (Lipinski definition) is 1. The van der Waals surface area contributed by atoms with Crippen LogP contribution in [0, 0.1) is 10.8 Å². The van der Waals surface area contributed by atoms with E-state index < -0.39 is 16.0 Å². The number of ether oxygens (including phenoxy) is 2. The molecule has 0 radical (unpaired) electrons. The van der Waals surface area contributed by atoms with Gasteiger partial charge in [0.05, 0.1) is 12.2 Å². The van der Waals surface area contributed by atoms with Crippen molar-refractivity contribution in [2.24, 2.45) is 10.8 Å². The largest absolute Gasteiger partial charge is 0.492 e. The molecule has 2 unspecified atom stereocenters. The van der Waals surface area contributed by atoms with Gasteiger partial charge in [0.15, 0.2) is 6.61 Å². The van der Waals surface area contributed by atoms with E-state index in [9.17, 15) is 18.0 Å². The Kier molecular flexibility index (Phi) is 7.63. The third-order valence-corrected chi connectivity index (χ3v) is 8.83. The first-order valence-electron chi connectivity index (χ1n) is 12.3. The van der Waals surface area contributed by atoms with Crippen molar-refractivity contribution in [3.05, 3.63) is 52.5 Å². The zero-order valence-electron chi connectivity index (χ0n) is 21.5. The molecule has 1 saturated heterocycles. The number of carbonyl (C=O) groups excluding carboxylic acids is 2. The number of amides is 1. The number of fused-ring (bicyclic) bond motifs is 2. The van der Waals surface area contributed by atoms with E-state index in [0.717, 1.165) is 19.3 Å². The molecular weight excluding hydrogens is 560 g/mol. The van der Waals surface area contributed by atoms with Gasteiger partial charge in [0.2, 0.25) is 0 Å². The highest BCUT2D eigenvalue weighted by Gasteiger charge is 2.50. The van der Waals surface area contributed by atoms with Crippen molar-refractivity contribution in [3.8, 4) is 5.75 Å². The summed E-state index contributed by atoms with van der Waals surface area (Å²) in [5.74, 6) is -0.576. The van der Waals surface area contributed by atoms with Gasteiger partial charge in [-0.3, -0.25) is 9.52 Å². The van der Waals surface area contributed by atoms with Crippen LogP contribution in [-0.2, 0) is 19.6 Å². The standard InChI is InChI=1S/C27H33BrN2O6S/c1-5-35-22-11-8-19(28)12-23(22)37(33,34)29-20-9-6-18(7-10-20)25(32)36-15-24(31)30-17-27(4)14-21(30)13-26(2,3)16-27/h6-12,21,29H,5,13-17H2,1-4H3. The summed E-state index contributed by atoms with van der Waals surface area (Å²) in [5.41, 5.74) is 0.791. The van der Waals surface area contributed by atoms with Crippen LogP contribution < -0.4 is 9.46 Å². The summed E-state index contributed by atoms with van der Waals surface area (Å²) < 4.78 is 39.8. The fraction of sp³-hybridized carbons (Fsp3) is 0.481. The summed E-state index contributed by atoms with van der Waals surface area (Å²) in [6, 6.07) is 10.8. The molecule has 1 saturated carbocycles. The van der Waals surface area contributed by atoms with Crippen molar-refractivity contribution in [3.63, 3.8) is 0 Å². The lowest BCUT2D eigenvalue weighted by Gasteiger charge is -2.39. The predicted octanol–water partition coefficient (Wildman–Crippen LogP) is 5.23. The number of nitrogens with zero attached hydrogens (tertiary/aromatic N) is 1. The summed E-state index contributed by atoms with van der Waals surface area (Å²) in [7, 11) is -3.94. The van der Waals surface area contributed by atoms with Crippen LogP contribution in [0.5, 0.6) is 5.75 Å². The normalized spacial score (nSPS) is 22.4. The molecule has 37 heavy (non-hydrogen) atoms. The van der Waals surface area contributed by atoms with E-state index in [1.165, 1.54) is 30.3 Å². The molecule has 4 rings (SSSR count). The molecule has 1 aliphatic heterocycles. The number of nitrogens with one attached hydrogen (secondary N) is 1. The second-order valence-electron chi connectivity index (χ2n) is 11.0. The first-order valence-corrected chi connectivity index (χ1v) is 14.6. The van der Waals surface area contributed by atoms with Crippen LogP contribution in [-0.4, -0.2) is 51.0 Å². The molecule has 2 aliphatic rings. The lowest BCUT2D eigenvalue weighted by Crippen LogP contribution is -2.39. The van der Waals surface area contributed by atoms with Crippen molar-refractivity contribution in [1.29, 1.82) is 0 Å². The van der Waals surface area contributed by atoms with Crippen LogP contribution in [0.1, 0.15) is 57.3 Å². The van der Waals surface area contributed by atoms with Crippen LogP contribution in [0.15, 0.2) is 51.8 Å². The highest BCUT2D eigenvalue weighted by atomic mass is 79.9. The summed E-state index contributed by atoms with van der Waals surface area (Å²) in [5, 5.41) is 0. The Labute approximate surface area is 226 Å². The number of halogens is 1. The van der Waals surface area contributed by atoms with Gasteiger partial charge in [-0.05, 0) is 79.5 Å². The zero-order chi connectivity index (χ0) is 27.0. The number of anilines is 1. The molecule has 1 aliphatic carbocycles. The van der Waals surface area contributed by atoms with E-state index >= 15 is 0 Å². The van der Waals surface area contributed by atoms with Gasteiger partial charge < -0.3 is 14.4 Å². The lowest BCUT2D eigenvalue weighted by atomic mass is 9.65. The van der Waals surface area contributed by atoms with E-state index in [0.29, 0.717) is 17.6 Å². The zero-order valence-corrected chi connectivity index (χ0v) is 23.9. The minimum absolute atomic E-state index is 0.00520. The smallest absolute Gasteiger partial charge is 0.338 e. The van der Waals surface area contributed by atoms with Gasteiger partial charge in [0.25, 0.3) is 15.9 Å².